The molecule has 2 aromatic heterocycles. The van der Waals surface area contributed by atoms with Gasteiger partial charge in [0.25, 0.3) is 5.91 Å². The molecule has 1 unspecified atom stereocenters. The zero-order valence-corrected chi connectivity index (χ0v) is 14.7. The molecule has 0 saturated heterocycles. The van der Waals surface area contributed by atoms with Crippen molar-refractivity contribution in [3.8, 4) is 11.3 Å². The lowest BCUT2D eigenvalue weighted by atomic mass is 10.2. The Morgan fingerprint density at radius 1 is 1.23 bits per heavy atom. The van der Waals surface area contributed by atoms with Crippen LogP contribution in [0, 0.1) is 0 Å². The fourth-order valence-electron chi connectivity index (χ4n) is 2.08. The number of anilines is 1. The van der Waals surface area contributed by atoms with Gasteiger partial charge in [-0.3, -0.25) is 10.1 Å². The molecule has 2 heterocycles. The fourth-order valence-corrected chi connectivity index (χ4v) is 2.81. The van der Waals surface area contributed by atoms with Gasteiger partial charge in [0, 0.05) is 17.0 Å². The number of carbonyl (C=O) groups excluding carboxylic acids is 2. The molecule has 3 aromatic rings. The van der Waals surface area contributed by atoms with Gasteiger partial charge >= 0.3 is 5.97 Å². The van der Waals surface area contributed by atoms with Crippen molar-refractivity contribution in [2.24, 2.45) is 0 Å². The van der Waals surface area contributed by atoms with Gasteiger partial charge in [0.1, 0.15) is 5.76 Å². The number of nitrogens with zero attached hydrogens (tertiary/aromatic N) is 1. The van der Waals surface area contributed by atoms with E-state index in [4.69, 9.17) is 9.15 Å². The minimum absolute atomic E-state index is 0.446. The highest BCUT2D eigenvalue weighted by Crippen LogP contribution is 2.24. The monoisotopic (exact) mass is 368 g/mol. The Morgan fingerprint density at radius 2 is 2.04 bits per heavy atom. The SMILES string of the molecule is CC(OC(=O)C=Cc1ccco1)C(=O)Nc1nc(-c2ccccc2)cs1. The number of hydrogen-bond acceptors (Lipinski definition) is 6. The number of benzene rings is 1. The van der Waals surface area contributed by atoms with Gasteiger partial charge in [-0.25, -0.2) is 9.78 Å². The van der Waals surface area contributed by atoms with Gasteiger partial charge in [-0.15, -0.1) is 11.3 Å². The van der Waals surface area contributed by atoms with Crippen LogP contribution in [0.25, 0.3) is 17.3 Å². The number of rotatable bonds is 6. The van der Waals surface area contributed by atoms with Crippen LogP contribution in [0.2, 0.25) is 0 Å². The summed E-state index contributed by atoms with van der Waals surface area (Å²) in [5, 5.41) is 4.96. The molecule has 0 fully saturated rings. The van der Waals surface area contributed by atoms with Crippen molar-refractivity contribution in [2.75, 3.05) is 5.32 Å². The van der Waals surface area contributed by atoms with Crippen LogP contribution < -0.4 is 5.32 Å². The third kappa shape index (κ3) is 4.67. The zero-order chi connectivity index (χ0) is 18.4. The molecule has 0 spiro atoms. The van der Waals surface area contributed by atoms with Crippen molar-refractivity contribution in [3.05, 3.63) is 65.9 Å². The first-order valence-electron chi connectivity index (χ1n) is 7.86. The average Bonchev–Trinajstić information content (AvgIpc) is 3.32. The van der Waals surface area contributed by atoms with E-state index in [2.05, 4.69) is 10.3 Å². The van der Waals surface area contributed by atoms with Crippen molar-refractivity contribution in [3.63, 3.8) is 0 Å². The molecule has 1 amide bonds. The van der Waals surface area contributed by atoms with E-state index in [1.807, 2.05) is 35.7 Å². The molecule has 0 aliphatic heterocycles. The number of aromatic nitrogens is 1. The summed E-state index contributed by atoms with van der Waals surface area (Å²) in [7, 11) is 0. The lowest BCUT2D eigenvalue weighted by Gasteiger charge is -2.10. The van der Waals surface area contributed by atoms with Crippen LogP contribution >= 0.6 is 11.3 Å². The summed E-state index contributed by atoms with van der Waals surface area (Å²) in [6, 6.07) is 13.1. The van der Waals surface area contributed by atoms with Gasteiger partial charge in [-0.05, 0) is 25.1 Å². The molecule has 1 aromatic carbocycles. The lowest BCUT2D eigenvalue weighted by molar-refractivity contribution is -0.148. The molecular formula is C19H16N2O4S. The Kier molecular flexibility index (Phi) is 5.60. The molecule has 0 radical (unpaired) electrons. The number of esters is 1. The second-order valence-electron chi connectivity index (χ2n) is 5.32. The highest BCUT2D eigenvalue weighted by atomic mass is 32.1. The van der Waals surface area contributed by atoms with Crippen molar-refractivity contribution < 1.29 is 18.7 Å². The second-order valence-corrected chi connectivity index (χ2v) is 6.18. The molecule has 0 saturated carbocycles. The zero-order valence-electron chi connectivity index (χ0n) is 13.9. The summed E-state index contributed by atoms with van der Waals surface area (Å²) in [6.07, 6.45) is 3.23. The Bertz CT molecular complexity index is 901. The van der Waals surface area contributed by atoms with Crippen molar-refractivity contribution >= 4 is 34.4 Å². The number of amides is 1. The summed E-state index contributed by atoms with van der Waals surface area (Å²) in [5.41, 5.74) is 1.74. The van der Waals surface area contributed by atoms with Crippen LogP contribution in [0.1, 0.15) is 12.7 Å². The van der Waals surface area contributed by atoms with E-state index >= 15 is 0 Å². The Labute approximate surface area is 154 Å². The van der Waals surface area contributed by atoms with E-state index in [0.717, 1.165) is 11.3 Å². The Balaban J connectivity index is 1.54. The summed E-state index contributed by atoms with van der Waals surface area (Å²) >= 11 is 1.31. The highest BCUT2D eigenvalue weighted by Gasteiger charge is 2.18. The molecule has 0 aliphatic carbocycles. The van der Waals surface area contributed by atoms with E-state index in [9.17, 15) is 9.59 Å². The van der Waals surface area contributed by atoms with Crippen molar-refractivity contribution in [2.45, 2.75) is 13.0 Å². The van der Waals surface area contributed by atoms with Crippen LogP contribution in [0.15, 0.2) is 64.6 Å². The predicted molar refractivity (Wildman–Crippen MR) is 99.5 cm³/mol. The van der Waals surface area contributed by atoms with E-state index in [1.54, 1.807) is 12.1 Å². The molecule has 6 nitrogen and oxygen atoms in total. The van der Waals surface area contributed by atoms with Gasteiger partial charge in [-0.1, -0.05) is 30.3 Å². The van der Waals surface area contributed by atoms with Crippen LogP contribution in [0.5, 0.6) is 0 Å². The quantitative estimate of drug-likeness (QED) is 0.526. The molecule has 1 N–H and O–H groups in total. The summed E-state index contributed by atoms with van der Waals surface area (Å²) in [4.78, 5) is 28.3. The van der Waals surface area contributed by atoms with Crippen molar-refractivity contribution in [1.29, 1.82) is 0 Å². The number of hydrogen-bond donors (Lipinski definition) is 1. The molecular weight excluding hydrogens is 352 g/mol. The standard InChI is InChI=1S/C19H16N2O4S/c1-13(25-17(22)10-9-15-8-5-11-24-15)18(23)21-19-20-16(12-26-19)14-6-3-2-4-7-14/h2-13H,1H3,(H,20,21,23). The minimum Gasteiger partial charge on any atom is -0.465 e. The summed E-state index contributed by atoms with van der Waals surface area (Å²) in [6.45, 7) is 1.50. The normalized spacial score (nSPS) is 12.0. The number of thiazole rings is 1. The van der Waals surface area contributed by atoms with E-state index < -0.39 is 18.0 Å². The van der Waals surface area contributed by atoms with Crippen LogP contribution in [0.4, 0.5) is 5.13 Å². The van der Waals surface area contributed by atoms with Crippen LogP contribution in [-0.2, 0) is 14.3 Å². The molecule has 0 aliphatic rings. The molecule has 0 bridgehead atoms. The lowest BCUT2D eigenvalue weighted by Crippen LogP contribution is -2.29. The average molecular weight is 368 g/mol. The third-order valence-corrected chi connectivity index (χ3v) is 4.15. The maximum absolute atomic E-state index is 12.2. The number of nitrogens with one attached hydrogen (secondary N) is 1. The topological polar surface area (TPSA) is 81.4 Å². The van der Waals surface area contributed by atoms with E-state index in [1.165, 1.54) is 36.7 Å². The molecule has 132 valence electrons. The molecule has 3 rings (SSSR count). The Hall–Kier alpha value is -3.19. The number of carbonyl (C=O) groups is 2. The maximum atomic E-state index is 12.2. The summed E-state index contributed by atoms with van der Waals surface area (Å²) in [5.74, 6) is -0.554. The number of furan rings is 1. The van der Waals surface area contributed by atoms with Crippen LogP contribution in [-0.4, -0.2) is 23.0 Å². The molecule has 26 heavy (non-hydrogen) atoms. The second kappa shape index (κ2) is 8.26. The smallest absolute Gasteiger partial charge is 0.331 e. The van der Waals surface area contributed by atoms with E-state index in [-0.39, 0.29) is 0 Å². The Morgan fingerprint density at radius 3 is 2.77 bits per heavy atom. The first kappa shape index (κ1) is 17.6. The first-order chi connectivity index (χ1) is 12.6. The van der Waals surface area contributed by atoms with Gasteiger partial charge < -0.3 is 9.15 Å². The fraction of sp³-hybridized carbons (Fsp3) is 0.105. The molecule has 7 heteroatoms. The minimum atomic E-state index is -0.951. The van der Waals surface area contributed by atoms with Crippen molar-refractivity contribution in [1.82, 2.24) is 4.98 Å². The van der Waals surface area contributed by atoms with Gasteiger partial charge in [0.2, 0.25) is 0 Å². The summed E-state index contributed by atoms with van der Waals surface area (Å²) < 4.78 is 10.1. The largest absolute Gasteiger partial charge is 0.465 e. The third-order valence-electron chi connectivity index (χ3n) is 3.39. The van der Waals surface area contributed by atoms with Gasteiger partial charge in [0.15, 0.2) is 11.2 Å². The van der Waals surface area contributed by atoms with Gasteiger partial charge in [-0.2, -0.15) is 0 Å². The van der Waals surface area contributed by atoms with E-state index in [0.29, 0.717) is 10.9 Å². The number of ether oxygens (including phenoxy) is 1. The highest BCUT2D eigenvalue weighted by molar-refractivity contribution is 7.14. The molecule has 1 atom stereocenters. The maximum Gasteiger partial charge on any atom is 0.331 e. The van der Waals surface area contributed by atoms with Crippen LogP contribution in [0.3, 0.4) is 0 Å². The first-order valence-corrected chi connectivity index (χ1v) is 8.74. The van der Waals surface area contributed by atoms with Gasteiger partial charge in [0.05, 0.1) is 12.0 Å². The predicted octanol–water partition coefficient (Wildman–Crippen LogP) is 3.99.